The van der Waals surface area contributed by atoms with Crippen LogP contribution in [-0.4, -0.2) is 36.0 Å². The van der Waals surface area contributed by atoms with Crippen LogP contribution in [0.3, 0.4) is 0 Å². The summed E-state index contributed by atoms with van der Waals surface area (Å²) in [6.07, 6.45) is 3.41. The summed E-state index contributed by atoms with van der Waals surface area (Å²) in [4.78, 5) is 35.2. The number of anilines is 1. The van der Waals surface area contributed by atoms with Gasteiger partial charge in [0.2, 0.25) is 0 Å². The molecular formula is C28H20N6O2. The van der Waals surface area contributed by atoms with E-state index in [0.29, 0.717) is 22.9 Å². The molecule has 0 saturated carbocycles. The SMILES string of the molecule is Nc1cccc(-c2ccc3c(n2)-c2nc4nc5c(cc4cc2CC3)CCc2ccc(C(=O)O)nc2-5)n1. The molecule has 0 bridgehead atoms. The first-order valence-corrected chi connectivity index (χ1v) is 11.8. The smallest absolute Gasteiger partial charge is 0.354 e. The van der Waals surface area contributed by atoms with Crippen LogP contribution in [0.1, 0.15) is 32.7 Å². The number of fused-ring (bicyclic) bond motifs is 7. The third-order valence-corrected chi connectivity index (χ3v) is 6.95. The highest BCUT2D eigenvalue weighted by atomic mass is 16.4. The summed E-state index contributed by atoms with van der Waals surface area (Å²) in [5.41, 5.74) is 15.3. The highest BCUT2D eigenvalue weighted by Gasteiger charge is 2.25. The van der Waals surface area contributed by atoms with E-state index in [1.165, 1.54) is 0 Å². The third kappa shape index (κ3) is 3.22. The van der Waals surface area contributed by atoms with E-state index in [4.69, 9.17) is 20.7 Å². The van der Waals surface area contributed by atoms with Gasteiger partial charge in [-0.25, -0.2) is 29.7 Å². The van der Waals surface area contributed by atoms with Crippen molar-refractivity contribution in [3.8, 4) is 34.2 Å². The fourth-order valence-corrected chi connectivity index (χ4v) is 5.17. The minimum Gasteiger partial charge on any atom is -0.477 e. The molecule has 2 aliphatic rings. The molecule has 0 saturated heterocycles. The van der Waals surface area contributed by atoms with E-state index in [1.54, 1.807) is 12.1 Å². The van der Waals surface area contributed by atoms with E-state index in [9.17, 15) is 9.90 Å². The molecule has 0 radical (unpaired) electrons. The monoisotopic (exact) mass is 472 g/mol. The van der Waals surface area contributed by atoms with Crippen LogP contribution in [-0.2, 0) is 25.7 Å². The number of carboxylic acids is 1. The van der Waals surface area contributed by atoms with Crippen LogP contribution in [0.25, 0.3) is 45.2 Å². The van der Waals surface area contributed by atoms with Gasteiger partial charge in [0.1, 0.15) is 11.5 Å². The van der Waals surface area contributed by atoms with Gasteiger partial charge in [-0.2, -0.15) is 0 Å². The number of carbonyl (C=O) groups is 1. The number of nitrogens with two attached hydrogens (primary N) is 1. The lowest BCUT2D eigenvalue weighted by Gasteiger charge is -2.21. The van der Waals surface area contributed by atoms with Crippen LogP contribution in [0, 0.1) is 0 Å². The lowest BCUT2D eigenvalue weighted by Crippen LogP contribution is -2.12. The number of hydrogen-bond donors (Lipinski definition) is 2. The van der Waals surface area contributed by atoms with E-state index < -0.39 is 5.97 Å². The molecule has 36 heavy (non-hydrogen) atoms. The van der Waals surface area contributed by atoms with Crippen LogP contribution < -0.4 is 5.73 Å². The number of nitrogens with zero attached hydrogens (tertiary/aromatic N) is 5. The molecule has 0 unspecified atom stereocenters. The summed E-state index contributed by atoms with van der Waals surface area (Å²) in [7, 11) is 0. The van der Waals surface area contributed by atoms with Gasteiger partial charge in [-0.15, -0.1) is 0 Å². The van der Waals surface area contributed by atoms with Crippen molar-refractivity contribution in [2.75, 3.05) is 5.73 Å². The molecule has 0 aromatic carbocycles. The zero-order chi connectivity index (χ0) is 24.4. The first-order chi connectivity index (χ1) is 17.5. The molecule has 174 valence electrons. The van der Waals surface area contributed by atoms with Crippen molar-refractivity contribution in [1.29, 1.82) is 0 Å². The number of aryl methyl sites for hydroxylation is 4. The number of carboxylic acid groups (broad SMARTS) is 1. The van der Waals surface area contributed by atoms with Gasteiger partial charge >= 0.3 is 5.97 Å². The number of aromatic carboxylic acids is 1. The molecule has 0 aliphatic heterocycles. The highest BCUT2D eigenvalue weighted by molar-refractivity contribution is 5.88. The molecule has 8 heteroatoms. The van der Waals surface area contributed by atoms with Crippen LogP contribution in [0.4, 0.5) is 5.82 Å². The van der Waals surface area contributed by atoms with Gasteiger partial charge in [-0.3, -0.25) is 0 Å². The van der Waals surface area contributed by atoms with E-state index >= 15 is 0 Å². The lowest BCUT2D eigenvalue weighted by atomic mass is 9.89. The highest BCUT2D eigenvalue weighted by Crippen LogP contribution is 2.37. The average Bonchev–Trinajstić information content (AvgIpc) is 2.90. The third-order valence-electron chi connectivity index (χ3n) is 6.95. The number of aromatic nitrogens is 5. The molecule has 0 atom stereocenters. The van der Waals surface area contributed by atoms with Crippen molar-refractivity contribution < 1.29 is 9.90 Å². The fourth-order valence-electron chi connectivity index (χ4n) is 5.17. The molecule has 0 spiro atoms. The van der Waals surface area contributed by atoms with Crippen molar-refractivity contribution in [2.45, 2.75) is 25.7 Å². The van der Waals surface area contributed by atoms with Gasteiger partial charge in [0.25, 0.3) is 0 Å². The summed E-state index contributed by atoms with van der Waals surface area (Å²) < 4.78 is 0. The molecule has 5 aromatic rings. The minimum absolute atomic E-state index is 0.0164. The Kier molecular flexibility index (Phi) is 4.38. The molecule has 0 fully saturated rings. The van der Waals surface area contributed by atoms with E-state index in [1.807, 2.05) is 24.3 Å². The van der Waals surface area contributed by atoms with E-state index in [2.05, 4.69) is 28.2 Å². The summed E-state index contributed by atoms with van der Waals surface area (Å²) in [5.74, 6) is -0.600. The predicted octanol–water partition coefficient (Wildman–Crippen LogP) is 4.29. The molecule has 0 amide bonds. The quantitative estimate of drug-likeness (QED) is 0.389. The molecule has 5 aromatic heterocycles. The molecule has 5 heterocycles. The second-order valence-corrected chi connectivity index (χ2v) is 9.20. The normalized spacial score (nSPS) is 13.4. The Morgan fingerprint density at radius 3 is 1.92 bits per heavy atom. The van der Waals surface area contributed by atoms with Crippen LogP contribution >= 0.6 is 0 Å². The van der Waals surface area contributed by atoms with E-state index in [-0.39, 0.29) is 5.69 Å². The van der Waals surface area contributed by atoms with E-state index in [0.717, 1.165) is 76.1 Å². The van der Waals surface area contributed by atoms with Crippen LogP contribution in [0.5, 0.6) is 0 Å². The number of rotatable bonds is 2. The Morgan fingerprint density at radius 2 is 1.25 bits per heavy atom. The number of pyridine rings is 5. The summed E-state index contributed by atoms with van der Waals surface area (Å²) in [6, 6.07) is 17.3. The second-order valence-electron chi connectivity index (χ2n) is 9.20. The van der Waals surface area contributed by atoms with Gasteiger partial charge in [0.05, 0.1) is 34.2 Å². The fraction of sp³-hybridized carbons (Fsp3) is 0.143. The van der Waals surface area contributed by atoms with Crippen LogP contribution in [0.15, 0.2) is 54.6 Å². The molecule has 8 nitrogen and oxygen atoms in total. The maximum atomic E-state index is 11.5. The Morgan fingerprint density at radius 1 is 0.667 bits per heavy atom. The lowest BCUT2D eigenvalue weighted by molar-refractivity contribution is 0.0690. The first kappa shape index (κ1) is 20.6. The van der Waals surface area contributed by atoms with Crippen LogP contribution in [0.2, 0.25) is 0 Å². The van der Waals surface area contributed by atoms with Gasteiger partial charge < -0.3 is 10.8 Å². The number of hydrogen-bond acceptors (Lipinski definition) is 7. The van der Waals surface area contributed by atoms with Crippen molar-refractivity contribution >= 4 is 22.8 Å². The zero-order valence-electron chi connectivity index (χ0n) is 19.2. The standard InChI is InChI=1S/C28H20N6O2/c29-22-3-1-2-19(30-22)20-10-8-14-4-6-16-12-18-13-17-7-5-15-9-11-21(28(35)36)32-24(15)26(17)34-27(18)33-25(16)23(14)31-20/h1-3,8-13H,4-7H2,(H2,29,30)(H,35,36). The molecule has 2 aliphatic carbocycles. The van der Waals surface area contributed by atoms with Gasteiger partial charge in [0.15, 0.2) is 5.65 Å². The second kappa shape index (κ2) is 7.64. The van der Waals surface area contributed by atoms with Crippen molar-refractivity contribution in [2.24, 2.45) is 0 Å². The van der Waals surface area contributed by atoms with Gasteiger partial charge in [-0.05, 0) is 84.3 Å². The predicted molar refractivity (Wildman–Crippen MR) is 135 cm³/mol. The number of nitrogen functional groups attached to an aromatic ring is 1. The van der Waals surface area contributed by atoms with Gasteiger partial charge in [0, 0.05) is 5.39 Å². The maximum Gasteiger partial charge on any atom is 0.354 e. The van der Waals surface area contributed by atoms with Gasteiger partial charge in [-0.1, -0.05) is 18.2 Å². The maximum absolute atomic E-state index is 11.5. The average molecular weight is 473 g/mol. The Balaban J connectivity index is 1.40. The molecular weight excluding hydrogens is 452 g/mol. The first-order valence-electron chi connectivity index (χ1n) is 11.8. The Bertz CT molecular complexity index is 1750. The minimum atomic E-state index is -1.05. The van der Waals surface area contributed by atoms with Crippen molar-refractivity contribution in [3.63, 3.8) is 0 Å². The van der Waals surface area contributed by atoms with Crippen molar-refractivity contribution in [1.82, 2.24) is 24.9 Å². The summed E-state index contributed by atoms with van der Waals surface area (Å²) in [5, 5.41) is 10.4. The topological polar surface area (TPSA) is 128 Å². The Labute approximate surface area is 205 Å². The molecule has 3 N–H and O–H groups in total. The summed E-state index contributed by atoms with van der Waals surface area (Å²) >= 11 is 0. The Hall–Kier alpha value is -4.72. The van der Waals surface area contributed by atoms with Crippen molar-refractivity contribution in [3.05, 3.63) is 82.5 Å². The summed E-state index contributed by atoms with van der Waals surface area (Å²) in [6.45, 7) is 0. The largest absolute Gasteiger partial charge is 0.477 e. The molecule has 7 rings (SSSR count). The zero-order valence-corrected chi connectivity index (χ0v) is 19.2.